The molecule has 0 aromatic heterocycles. The van der Waals surface area contributed by atoms with E-state index in [-0.39, 0.29) is 30.3 Å². The summed E-state index contributed by atoms with van der Waals surface area (Å²) in [6.45, 7) is 11.6. The van der Waals surface area contributed by atoms with Crippen LogP contribution in [0.3, 0.4) is 0 Å². The Hall–Kier alpha value is -1.88. The quantitative estimate of drug-likeness (QED) is 0.740. The van der Waals surface area contributed by atoms with Crippen molar-refractivity contribution in [3.63, 3.8) is 0 Å². The van der Waals surface area contributed by atoms with Crippen molar-refractivity contribution in [1.82, 2.24) is 9.80 Å². The highest BCUT2D eigenvalue weighted by Gasteiger charge is 2.53. The Morgan fingerprint density at radius 3 is 2.14 bits per heavy atom. The molecule has 0 saturated carbocycles. The predicted octanol–water partition coefficient (Wildman–Crippen LogP) is 0.928. The Balaban J connectivity index is 2.37. The van der Waals surface area contributed by atoms with Gasteiger partial charge in [0.1, 0.15) is 6.23 Å². The normalized spacial score (nSPS) is 32.0. The van der Waals surface area contributed by atoms with Crippen LogP contribution in [0.1, 0.15) is 12.8 Å². The number of fused-ring (bicyclic) bond motifs is 2. The number of carbonyl (C=O) groups excluding carboxylic acids is 2. The van der Waals surface area contributed by atoms with Crippen LogP contribution in [0.25, 0.3) is 0 Å². The molecule has 2 amide bonds. The molecule has 2 heterocycles. The molecule has 2 bridgehead atoms. The number of aliphatic hydroxyl groups is 1. The largest absolute Gasteiger partial charge is 0.373 e. The molecule has 5 heteroatoms. The molecule has 2 aliphatic rings. The summed E-state index contributed by atoms with van der Waals surface area (Å²) in [6, 6.07) is -0.212. The van der Waals surface area contributed by atoms with Crippen molar-refractivity contribution in [3.8, 4) is 0 Å². The molecule has 0 aromatic carbocycles. The van der Waals surface area contributed by atoms with Crippen LogP contribution in [0, 0.1) is 11.8 Å². The molecule has 2 fully saturated rings. The topological polar surface area (TPSA) is 60.9 Å². The van der Waals surface area contributed by atoms with E-state index in [1.807, 2.05) is 0 Å². The third-order valence-corrected chi connectivity index (χ3v) is 4.31. The lowest BCUT2D eigenvalue weighted by molar-refractivity contribution is -0.181. The smallest absolute Gasteiger partial charge is 0.230 e. The zero-order chi connectivity index (χ0) is 15.6. The van der Waals surface area contributed by atoms with Crippen LogP contribution in [-0.4, -0.2) is 52.1 Å². The average molecular weight is 290 g/mol. The second kappa shape index (κ2) is 6.26. The van der Waals surface area contributed by atoms with Gasteiger partial charge in [0.25, 0.3) is 0 Å². The fourth-order valence-corrected chi connectivity index (χ4v) is 3.36. The van der Waals surface area contributed by atoms with E-state index in [0.29, 0.717) is 19.4 Å². The number of hydrogen-bond donors (Lipinski definition) is 1. The number of rotatable bonds is 6. The Morgan fingerprint density at radius 2 is 1.57 bits per heavy atom. The minimum atomic E-state index is -1.07. The lowest BCUT2D eigenvalue weighted by atomic mass is 9.76. The lowest BCUT2D eigenvalue weighted by Gasteiger charge is -2.51. The number of amides is 2. The highest BCUT2D eigenvalue weighted by atomic mass is 16.3. The molecule has 2 aliphatic heterocycles. The molecule has 2 saturated heterocycles. The van der Waals surface area contributed by atoms with E-state index in [0.717, 1.165) is 0 Å². The molecule has 0 radical (unpaired) electrons. The molecule has 0 unspecified atom stereocenters. The number of likely N-dealkylation sites (tertiary alicyclic amines) is 2. The first-order valence-corrected chi connectivity index (χ1v) is 7.18. The van der Waals surface area contributed by atoms with Gasteiger partial charge in [-0.2, -0.15) is 0 Å². The van der Waals surface area contributed by atoms with E-state index < -0.39 is 12.1 Å². The summed E-state index contributed by atoms with van der Waals surface area (Å²) in [5.41, 5.74) is 0. The molecular weight excluding hydrogens is 268 g/mol. The van der Waals surface area contributed by atoms with Crippen molar-refractivity contribution in [2.24, 2.45) is 11.8 Å². The predicted molar refractivity (Wildman–Crippen MR) is 80.0 cm³/mol. The van der Waals surface area contributed by atoms with Gasteiger partial charge in [-0.25, -0.2) is 0 Å². The minimum absolute atomic E-state index is 0.118. The third kappa shape index (κ3) is 2.53. The van der Waals surface area contributed by atoms with E-state index >= 15 is 0 Å². The standard InChI is InChI=1S/C16H22N2O3/c1-4-7-13-11-10-12(15(20)17(13)8-5-2)16(21)18(9-6-3)14(11)19/h4-6,11-13,16,21H,1-3,7-10H2/t11-,12+,13+,16-/m1/s1. The monoisotopic (exact) mass is 290 g/mol. The van der Waals surface area contributed by atoms with E-state index in [9.17, 15) is 14.7 Å². The first kappa shape index (κ1) is 15.5. The van der Waals surface area contributed by atoms with Crippen LogP contribution in [0.4, 0.5) is 0 Å². The van der Waals surface area contributed by atoms with Crippen LogP contribution in [0.2, 0.25) is 0 Å². The molecule has 5 nitrogen and oxygen atoms in total. The van der Waals surface area contributed by atoms with Crippen molar-refractivity contribution in [2.45, 2.75) is 25.1 Å². The first-order chi connectivity index (χ1) is 10.1. The average Bonchev–Trinajstić information content (AvgIpc) is 2.46. The van der Waals surface area contributed by atoms with Gasteiger partial charge >= 0.3 is 0 Å². The summed E-state index contributed by atoms with van der Waals surface area (Å²) in [6.07, 6.45) is 4.82. The summed E-state index contributed by atoms with van der Waals surface area (Å²) >= 11 is 0. The molecule has 2 rings (SSSR count). The van der Waals surface area contributed by atoms with Crippen molar-refractivity contribution in [3.05, 3.63) is 38.0 Å². The van der Waals surface area contributed by atoms with Crippen LogP contribution in [0.15, 0.2) is 38.0 Å². The molecule has 0 spiro atoms. The number of hydrogen-bond acceptors (Lipinski definition) is 3. The van der Waals surface area contributed by atoms with Gasteiger partial charge in [-0.1, -0.05) is 18.2 Å². The SMILES string of the molecule is C=CC[C@H]1[C@H]2C[C@@H](C(=O)N1CC=C)[C@@H](O)N(CC=C)C2=O. The number of piperidine rings is 2. The molecule has 114 valence electrons. The van der Waals surface area contributed by atoms with Gasteiger partial charge in [-0.15, -0.1) is 19.7 Å². The number of carbonyl (C=O) groups is 2. The highest BCUT2D eigenvalue weighted by Crippen LogP contribution is 2.38. The summed E-state index contributed by atoms with van der Waals surface area (Å²) in [4.78, 5) is 28.2. The highest BCUT2D eigenvalue weighted by molar-refractivity contribution is 5.89. The van der Waals surface area contributed by atoms with Gasteiger partial charge < -0.3 is 14.9 Å². The summed E-state index contributed by atoms with van der Waals surface area (Å²) in [5.74, 6) is -1.10. The fraction of sp³-hybridized carbons (Fsp3) is 0.500. The van der Waals surface area contributed by atoms with Gasteiger partial charge in [0.2, 0.25) is 11.8 Å². The van der Waals surface area contributed by atoms with Crippen LogP contribution >= 0.6 is 0 Å². The van der Waals surface area contributed by atoms with Gasteiger partial charge in [0, 0.05) is 19.1 Å². The minimum Gasteiger partial charge on any atom is -0.373 e. The van der Waals surface area contributed by atoms with Gasteiger partial charge in [0.05, 0.1) is 11.8 Å². The van der Waals surface area contributed by atoms with Crippen molar-refractivity contribution >= 4 is 11.8 Å². The zero-order valence-electron chi connectivity index (χ0n) is 12.1. The van der Waals surface area contributed by atoms with E-state index in [1.165, 1.54) is 4.90 Å². The maximum atomic E-state index is 12.6. The van der Waals surface area contributed by atoms with Crippen molar-refractivity contribution < 1.29 is 14.7 Å². The molecule has 21 heavy (non-hydrogen) atoms. The third-order valence-electron chi connectivity index (χ3n) is 4.31. The Kier molecular flexibility index (Phi) is 4.63. The zero-order valence-corrected chi connectivity index (χ0v) is 12.1. The fourth-order valence-electron chi connectivity index (χ4n) is 3.36. The van der Waals surface area contributed by atoms with E-state index in [2.05, 4.69) is 19.7 Å². The summed E-state index contributed by atoms with van der Waals surface area (Å²) < 4.78 is 0. The van der Waals surface area contributed by atoms with E-state index in [1.54, 1.807) is 23.1 Å². The molecule has 4 atom stereocenters. The summed E-state index contributed by atoms with van der Waals surface area (Å²) in [7, 11) is 0. The van der Waals surface area contributed by atoms with Crippen molar-refractivity contribution in [1.29, 1.82) is 0 Å². The number of nitrogens with zero attached hydrogens (tertiary/aromatic N) is 2. The van der Waals surface area contributed by atoms with Crippen LogP contribution < -0.4 is 0 Å². The summed E-state index contributed by atoms with van der Waals surface area (Å²) in [5, 5.41) is 10.3. The first-order valence-electron chi connectivity index (χ1n) is 7.18. The Bertz CT molecular complexity index is 472. The second-order valence-corrected chi connectivity index (χ2v) is 5.51. The molecular formula is C16H22N2O3. The van der Waals surface area contributed by atoms with Gasteiger partial charge in [-0.3, -0.25) is 9.59 Å². The van der Waals surface area contributed by atoms with Gasteiger partial charge in [0.15, 0.2) is 0 Å². The molecule has 1 N–H and O–H groups in total. The Labute approximate surface area is 125 Å². The molecule has 0 aliphatic carbocycles. The van der Waals surface area contributed by atoms with Crippen molar-refractivity contribution in [2.75, 3.05) is 13.1 Å². The second-order valence-electron chi connectivity index (χ2n) is 5.51. The van der Waals surface area contributed by atoms with Crippen LogP contribution in [-0.2, 0) is 9.59 Å². The Morgan fingerprint density at radius 1 is 1.00 bits per heavy atom. The molecule has 0 aromatic rings. The van der Waals surface area contributed by atoms with Crippen LogP contribution in [0.5, 0.6) is 0 Å². The number of aliphatic hydroxyl groups excluding tert-OH is 1. The van der Waals surface area contributed by atoms with Gasteiger partial charge in [-0.05, 0) is 12.8 Å². The lowest BCUT2D eigenvalue weighted by Crippen LogP contribution is -2.66. The maximum absolute atomic E-state index is 12.6. The maximum Gasteiger partial charge on any atom is 0.230 e. The van der Waals surface area contributed by atoms with E-state index in [4.69, 9.17) is 0 Å².